The van der Waals surface area contributed by atoms with Crippen molar-refractivity contribution in [3.8, 4) is 67.5 Å². The third-order valence-corrected chi connectivity index (χ3v) is 22.8. The van der Waals surface area contributed by atoms with Gasteiger partial charge in [0, 0.05) is 120 Å². The van der Waals surface area contributed by atoms with Crippen molar-refractivity contribution in [2.45, 2.75) is 222 Å². The van der Waals surface area contributed by atoms with E-state index in [-0.39, 0.29) is 61.7 Å². The first kappa shape index (κ1) is 40.5. The summed E-state index contributed by atoms with van der Waals surface area (Å²) in [7, 11) is 6.79. The molecule has 8 nitrogen and oxygen atoms in total. The molecule has 0 saturated carbocycles. The first-order chi connectivity index (χ1) is 65.7. The second-order valence-electron chi connectivity index (χ2n) is 30.4. The van der Waals surface area contributed by atoms with Crippen molar-refractivity contribution in [3.63, 3.8) is 0 Å². The lowest BCUT2D eigenvalue weighted by Crippen LogP contribution is -2.51. The Hall–Kier alpha value is -9.40. The second kappa shape index (κ2) is 25.7. The van der Waals surface area contributed by atoms with Crippen LogP contribution in [0.25, 0.3) is 67.5 Å². The number of para-hydroxylation sites is 4. The van der Waals surface area contributed by atoms with Gasteiger partial charge in [-0.25, -0.2) is 0 Å². The van der Waals surface area contributed by atoms with E-state index in [1.54, 1.807) is 143 Å². The normalized spacial score (nSPS) is 27.4. The summed E-state index contributed by atoms with van der Waals surface area (Å²) in [5.74, 6) is 0. The maximum Gasteiger partial charge on any atom is 0.239 e. The quantitative estimate of drug-likeness (QED) is 0.157. The fourth-order valence-electron chi connectivity index (χ4n) is 16.7. The maximum atomic E-state index is 8.78. The first-order valence-electron chi connectivity index (χ1n) is 54.9. The van der Waals surface area contributed by atoms with Crippen LogP contribution in [0.2, 0.25) is 0 Å². The van der Waals surface area contributed by atoms with Crippen LogP contribution in [0.3, 0.4) is 0 Å². The van der Waals surface area contributed by atoms with Crippen LogP contribution in [-0.4, -0.2) is 18.7 Å². The molecule has 8 heteroatoms. The van der Waals surface area contributed by atoms with Gasteiger partial charge in [0.1, 0.15) is 34.1 Å². The molecule has 4 atom stereocenters. The smallest absolute Gasteiger partial charge is 0.124 e. The zero-order valence-corrected chi connectivity index (χ0v) is 63.4. The van der Waals surface area contributed by atoms with Crippen molar-refractivity contribution < 1.29 is 72.2 Å². The van der Waals surface area contributed by atoms with Gasteiger partial charge >= 0.3 is 0 Å². The van der Waals surface area contributed by atoms with Crippen LogP contribution in [0.4, 0.5) is 0 Å². The number of benzene rings is 8. The lowest BCUT2D eigenvalue weighted by atomic mass is 9.59. The van der Waals surface area contributed by atoms with Crippen molar-refractivity contribution in [2.75, 3.05) is 0 Å². The van der Waals surface area contributed by atoms with Gasteiger partial charge in [-0.2, -0.15) is 0 Å². The van der Waals surface area contributed by atoms with Crippen LogP contribution in [0.1, 0.15) is 264 Å². The minimum absolute atomic E-state index is 0.0252. The van der Waals surface area contributed by atoms with Crippen LogP contribution in [0.5, 0.6) is 0 Å². The summed E-state index contributed by atoms with van der Waals surface area (Å²) in [6.07, 6.45) is 3.22. The van der Waals surface area contributed by atoms with Crippen molar-refractivity contribution in [1.29, 1.82) is 0 Å². The van der Waals surface area contributed by atoms with Gasteiger partial charge in [-0.05, 0) is 171 Å². The molecule has 0 amide bonds. The zero-order chi connectivity index (χ0) is 110. The van der Waals surface area contributed by atoms with Crippen LogP contribution >= 0.6 is 0 Å². The van der Waals surface area contributed by atoms with E-state index in [1.807, 2.05) is 133 Å². The average Bonchev–Trinajstić information content (AvgIpc) is 1.60. The Labute approximate surface area is 690 Å². The lowest BCUT2D eigenvalue weighted by molar-refractivity contribution is -0.745. The van der Waals surface area contributed by atoms with Gasteiger partial charge in [-0.1, -0.05) is 255 Å². The molecule has 8 heterocycles. The Morgan fingerprint density at radius 1 is 0.292 bits per heavy atom. The minimum Gasteiger partial charge on any atom is -0.124 e. The Balaban J connectivity index is 0.000000162. The van der Waals surface area contributed by atoms with Gasteiger partial charge < -0.3 is 0 Å². The number of fused-ring (bicyclic) bond motifs is 12. The van der Waals surface area contributed by atoms with E-state index in [0.717, 1.165) is 33.4 Å². The van der Waals surface area contributed by atoms with E-state index in [4.69, 9.17) is 53.5 Å². The molecule has 0 bridgehead atoms. The predicted molar refractivity (Wildman–Crippen MR) is 441 cm³/mol. The molecule has 0 fully saturated rings. The van der Waals surface area contributed by atoms with Crippen LogP contribution in [0.15, 0.2) is 182 Å². The van der Waals surface area contributed by atoms with Gasteiger partial charge in [0.2, 0.25) is 23.8 Å². The highest BCUT2D eigenvalue weighted by atomic mass is 15.4. The van der Waals surface area contributed by atoms with Crippen LogP contribution in [0, 0.1) is 69.2 Å². The largest absolute Gasteiger partial charge is 0.239 e. The SMILES string of the molecule is [2H]C([2H])([2H])C1(C)c2cccc(C)c2-n2c(c(-c3c(C)cccc3C)c[n+]2C)C1(C([2H])([2H])[2H])C([2H])([2H])[2H].[2H]C([2H])([2H])C1(C)c2cccc(C)c2-n2c(cc(-c3cc(C)cc(C)c3)[n+]2C)C1(C([2H])([2H])[2H])C([2H])([2H])[2H].[2H]C([2H])([2H])C1(C)c2cccc(C)c2-n2c(cc(-c3ccccc3)[n+]2C)C1(C([2H])([2H])[2H])C([2H])([2H])[2H].[2H]C([2H])([2H])c1cccc(C)c1-c1c[n+](C)n2c1C(C([2H])([2H])[2H])(C([2H])([2H])[2H])C(C)(C([2H])([2H])[2H])c1cccc(C)c1-2. The summed E-state index contributed by atoms with van der Waals surface area (Å²) < 4.78 is 349. The summed E-state index contributed by atoms with van der Waals surface area (Å²) in [6.45, 7) is -18.9. The molecule has 16 rings (SSSR count). The number of aryl methyl sites for hydroxylation is 12. The number of nitrogens with zero attached hydrogens (tertiary/aromatic N) is 8. The number of rotatable bonds is 4. The molecule has 12 aromatic rings. The molecule has 4 aliphatic heterocycles. The summed E-state index contributed by atoms with van der Waals surface area (Å²) in [5.41, 5.74) is -7.52. The lowest BCUT2D eigenvalue weighted by Gasteiger charge is -2.46. The molecule has 0 aliphatic carbocycles. The first-order valence-corrected chi connectivity index (χ1v) is 35.4. The third-order valence-electron chi connectivity index (χ3n) is 22.8. The maximum absolute atomic E-state index is 8.78. The molecule has 4 aliphatic rings. The van der Waals surface area contributed by atoms with Crippen LogP contribution in [-0.2, 0) is 71.5 Å². The molecule has 4 aromatic heterocycles. The number of aromatic nitrogens is 8. The molecule has 0 N–H and O–H groups in total. The number of hydrogen-bond donors (Lipinski definition) is 0. The average molecular weight is 1450 g/mol. The van der Waals surface area contributed by atoms with E-state index in [2.05, 4.69) is 0 Å². The highest BCUT2D eigenvalue weighted by Crippen LogP contribution is 2.57. The monoisotopic (exact) mass is 1450 g/mol. The van der Waals surface area contributed by atoms with Gasteiger partial charge in [0.15, 0.2) is 28.2 Å². The summed E-state index contributed by atoms with van der Waals surface area (Å²) in [4.78, 5) is 0. The molecule has 106 heavy (non-hydrogen) atoms. The van der Waals surface area contributed by atoms with Crippen molar-refractivity contribution in [1.82, 2.24) is 18.7 Å². The predicted octanol–water partition coefficient (Wildman–Crippen LogP) is 21.2. The molecule has 0 spiro atoms. The molecule has 548 valence electrons. The van der Waals surface area contributed by atoms with Gasteiger partial charge in [-0.15, -0.1) is 37.5 Å². The molecule has 4 unspecified atom stereocenters. The molecular formula is C98H120N8+4. The van der Waals surface area contributed by atoms with Gasteiger partial charge in [0.25, 0.3) is 0 Å². The molecule has 0 saturated heterocycles. The highest BCUT2D eigenvalue weighted by Gasteiger charge is 2.55. The topological polar surface area (TPSA) is 35.2 Å². The van der Waals surface area contributed by atoms with Gasteiger partial charge in [0.05, 0.1) is 22.5 Å². The van der Waals surface area contributed by atoms with E-state index in [1.165, 1.54) is 61.5 Å². The highest BCUT2D eigenvalue weighted by molar-refractivity contribution is 5.77. The Bertz CT molecular complexity index is 7000. The van der Waals surface area contributed by atoms with E-state index in [0.29, 0.717) is 73.1 Å². The second-order valence-corrected chi connectivity index (χ2v) is 30.4. The standard InChI is InChI=1S/3C25H31N2.C23H27N2/c2*1-16-11-9-12-17(2)21(16)19-15-26(8)27-22-18(3)13-10-14-20(22)24(4,5)25(6,7)23(19)27;1-16-12-17(2)14-19(13-16)21-15-22-25(6,7)24(4,5)20-11-9-10-18(3)23(20)27(22)26(21)8;1-16-11-10-14-18-21(16)25-20(23(4,5)22(18,2)3)15-19(24(25)6)17-12-8-7-9-13-17/h3*9-15H,1-8H3;7-15H,1-6H3/q4*+1/i1D3,4D3,6D3,7D3;2*4D3,6D3,7D3;2D3,4D3,5D3. The third kappa shape index (κ3) is 11.0. The Morgan fingerprint density at radius 2 is 0.594 bits per heavy atom. The van der Waals surface area contributed by atoms with E-state index < -0.39 is 132 Å². The molecule has 0 radical (unpaired) electrons. The fourth-order valence-corrected chi connectivity index (χ4v) is 16.7. The van der Waals surface area contributed by atoms with Crippen molar-refractivity contribution in [3.05, 3.63) is 283 Å². The summed E-state index contributed by atoms with van der Waals surface area (Å²) in [5, 5.41) is 0. The minimum atomic E-state index is -3.37. The zero-order valence-electron chi connectivity index (χ0n) is 102. The fraction of sp³-hybridized carbons (Fsp3) is 0.388. The summed E-state index contributed by atoms with van der Waals surface area (Å²) >= 11 is 0. The molecular weight excluding hydrogens is 1290 g/mol. The Kier molecular flexibility index (Phi) is 9.81. The van der Waals surface area contributed by atoms with Crippen molar-refractivity contribution in [2.24, 2.45) is 28.2 Å². The van der Waals surface area contributed by atoms with E-state index >= 15 is 0 Å². The van der Waals surface area contributed by atoms with Gasteiger partial charge in [-0.3, -0.25) is 0 Å². The summed E-state index contributed by atoms with van der Waals surface area (Å²) in [6, 6.07) is 48.3. The number of hydrogen-bond acceptors (Lipinski definition) is 0. The van der Waals surface area contributed by atoms with Crippen LogP contribution < -0.4 is 18.7 Å². The molecule has 8 aromatic carbocycles. The van der Waals surface area contributed by atoms with Crippen molar-refractivity contribution >= 4 is 0 Å². The Morgan fingerprint density at radius 3 is 0.943 bits per heavy atom. The van der Waals surface area contributed by atoms with E-state index in [9.17, 15) is 0 Å².